The molecule has 0 spiro atoms. The van der Waals surface area contributed by atoms with E-state index in [1.807, 2.05) is 84.9 Å². The minimum Gasteiger partial charge on any atom is -0.322 e. The summed E-state index contributed by atoms with van der Waals surface area (Å²) in [6.07, 6.45) is 4.13. The molecule has 4 rings (SSSR count). The second-order valence-electron chi connectivity index (χ2n) is 6.35. The molecule has 27 heavy (non-hydrogen) atoms. The molecule has 4 aromatic rings. The summed E-state index contributed by atoms with van der Waals surface area (Å²) in [4.78, 5) is 12.7. The molecule has 2 nitrogen and oxygen atoms in total. The molecule has 0 unspecified atom stereocenters. The molecule has 0 aliphatic carbocycles. The highest BCUT2D eigenvalue weighted by Gasteiger charge is 2.09. The molecular weight excluding hydrogens is 330 g/mol. The summed E-state index contributed by atoms with van der Waals surface area (Å²) in [5.74, 6) is -0.0978. The highest BCUT2D eigenvalue weighted by atomic mass is 16.1. The smallest absolute Gasteiger partial charge is 0.256 e. The average molecular weight is 349 g/mol. The van der Waals surface area contributed by atoms with Gasteiger partial charge < -0.3 is 5.32 Å². The van der Waals surface area contributed by atoms with Gasteiger partial charge in [0, 0.05) is 11.3 Å². The molecule has 0 aliphatic rings. The number of rotatable bonds is 4. The van der Waals surface area contributed by atoms with Gasteiger partial charge in [0.15, 0.2) is 0 Å². The first-order chi connectivity index (χ1) is 13.3. The number of carbonyl (C=O) groups excluding carboxylic acids is 1. The fourth-order valence-corrected chi connectivity index (χ4v) is 3.06. The third-order valence-electron chi connectivity index (χ3n) is 4.47. The van der Waals surface area contributed by atoms with E-state index in [-0.39, 0.29) is 5.91 Å². The van der Waals surface area contributed by atoms with Crippen LogP contribution in [0.15, 0.2) is 97.1 Å². The SMILES string of the molecule is O=C(Nc1ccc(/C=C/c2ccccc2)cc1)c1cccc2ccccc12. The van der Waals surface area contributed by atoms with Crippen LogP contribution in [0.5, 0.6) is 0 Å². The van der Waals surface area contributed by atoms with Crippen molar-refractivity contribution in [2.45, 2.75) is 0 Å². The molecule has 0 aromatic heterocycles. The van der Waals surface area contributed by atoms with Crippen LogP contribution in [0, 0.1) is 0 Å². The van der Waals surface area contributed by atoms with E-state index in [9.17, 15) is 4.79 Å². The maximum Gasteiger partial charge on any atom is 0.256 e. The zero-order chi connectivity index (χ0) is 18.5. The van der Waals surface area contributed by atoms with Crippen LogP contribution in [0.4, 0.5) is 5.69 Å². The quantitative estimate of drug-likeness (QED) is 0.433. The van der Waals surface area contributed by atoms with Crippen molar-refractivity contribution in [2.75, 3.05) is 5.32 Å². The van der Waals surface area contributed by atoms with Gasteiger partial charge >= 0.3 is 0 Å². The van der Waals surface area contributed by atoms with E-state index >= 15 is 0 Å². The van der Waals surface area contributed by atoms with Gasteiger partial charge in [-0.2, -0.15) is 0 Å². The fraction of sp³-hybridized carbons (Fsp3) is 0. The Hall–Kier alpha value is -3.65. The van der Waals surface area contributed by atoms with Gasteiger partial charge in [-0.1, -0.05) is 91.0 Å². The number of benzene rings is 4. The van der Waals surface area contributed by atoms with E-state index in [2.05, 4.69) is 29.6 Å². The lowest BCUT2D eigenvalue weighted by molar-refractivity contribution is 0.102. The normalized spacial score (nSPS) is 11.0. The summed E-state index contributed by atoms with van der Waals surface area (Å²) >= 11 is 0. The summed E-state index contributed by atoms with van der Waals surface area (Å²) in [6, 6.07) is 31.7. The maximum absolute atomic E-state index is 12.7. The summed E-state index contributed by atoms with van der Waals surface area (Å²) in [7, 11) is 0. The van der Waals surface area contributed by atoms with Crippen LogP contribution in [0.2, 0.25) is 0 Å². The lowest BCUT2D eigenvalue weighted by Crippen LogP contribution is -2.12. The minimum absolute atomic E-state index is 0.0978. The molecule has 0 saturated carbocycles. The van der Waals surface area contributed by atoms with Crippen LogP contribution < -0.4 is 5.32 Å². The maximum atomic E-state index is 12.7. The highest BCUT2D eigenvalue weighted by Crippen LogP contribution is 2.20. The Kier molecular flexibility index (Phi) is 4.80. The van der Waals surface area contributed by atoms with Gasteiger partial charge in [-0.25, -0.2) is 0 Å². The van der Waals surface area contributed by atoms with Gasteiger partial charge in [-0.05, 0) is 40.1 Å². The summed E-state index contributed by atoms with van der Waals surface area (Å²) in [5, 5.41) is 5.01. The predicted octanol–water partition coefficient (Wildman–Crippen LogP) is 6.26. The first kappa shape index (κ1) is 16.8. The minimum atomic E-state index is -0.0978. The molecule has 0 heterocycles. The van der Waals surface area contributed by atoms with E-state index in [4.69, 9.17) is 0 Å². The Balaban J connectivity index is 1.49. The molecular formula is C25H19NO. The Morgan fingerprint density at radius 3 is 2.04 bits per heavy atom. The van der Waals surface area contributed by atoms with E-state index in [0.29, 0.717) is 5.56 Å². The molecule has 130 valence electrons. The number of anilines is 1. The van der Waals surface area contributed by atoms with Crippen LogP contribution in [-0.4, -0.2) is 5.91 Å². The van der Waals surface area contributed by atoms with E-state index < -0.39 is 0 Å². The van der Waals surface area contributed by atoms with Crippen LogP contribution >= 0.6 is 0 Å². The van der Waals surface area contributed by atoms with Gasteiger partial charge in [0.25, 0.3) is 5.91 Å². The van der Waals surface area contributed by atoms with Gasteiger partial charge in [-0.15, -0.1) is 0 Å². The molecule has 0 radical (unpaired) electrons. The first-order valence-electron chi connectivity index (χ1n) is 8.92. The van der Waals surface area contributed by atoms with Crippen molar-refractivity contribution in [1.29, 1.82) is 0 Å². The Bertz CT molecular complexity index is 1090. The Morgan fingerprint density at radius 2 is 1.26 bits per heavy atom. The molecule has 1 amide bonds. The molecule has 4 aromatic carbocycles. The summed E-state index contributed by atoms with van der Waals surface area (Å²) in [5.41, 5.74) is 3.71. The standard InChI is InChI=1S/C25H19NO/c27-25(24-12-6-10-21-9-4-5-11-23(21)24)26-22-17-15-20(16-18-22)14-13-19-7-2-1-3-8-19/h1-18H,(H,26,27)/b14-13+. The number of amides is 1. The zero-order valence-electron chi connectivity index (χ0n) is 14.8. The van der Waals surface area contributed by atoms with Crippen LogP contribution in [0.25, 0.3) is 22.9 Å². The average Bonchev–Trinajstić information content (AvgIpc) is 2.73. The van der Waals surface area contributed by atoms with E-state index in [0.717, 1.165) is 27.6 Å². The largest absolute Gasteiger partial charge is 0.322 e. The van der Waals surface area contributed by atoms with Crippen molar-refractivity contribution in [3.8, 4) is 0 Å². The van der Waals surface area contributed by atoms with Crippen molar-refractivity contribution in [1.82, 2.24) is 0 Å². The first-order valence-corrected chi connectivity index (χ1v) is 8.92. The Labute approximate surface area is 158 Å². The zero-order valence-corrected chi connectivity index (χ0v) is 14.8. The monoisotopic (exact) mass is 349 g/mol. The molecule has 1 N–H and O–H groups in total. The molecule has 0 aliphatic heterocycles. The van der Waals surface area contributed by atoms with Crippen LogP contribution in [-0.2, 0) is 0 Å². The highest BCUT2D eigenvalue weighted by molar-refractivity contribution is 6.12. The second kappa shape index (κ2) is 7.71. The van der Waals surface area contributed by atoms with Crippen molar-refractivity contribution in [3.05, 3.63) is 114 Å². The lowest BCUT2D eigenvalue weighted by atomic mass is 10.0. The lowest BCUT2D eigenvalue weighted by Gasteiger charge is -2.08. The number of hydrogen-bond donors (Lipinski definition) is 1. The molecule has 0 bridgehead atoms. The third-order valence-corrected chi connectivity index (χ3v) is 4.47. The number of carbonyl (C=O) groups is 1. The summed E-state index contributed by atoms with van der Waals surface area (Å²) < 4.78 is 0. The summed E-state index contributed by atoms with van der Waals surface area (Å²) in [6.45, 7) is 0. The molecule has 2 heteroatoms. The van der Waals surface area contributed by atoms with Gasteiger partial charge in [0.2, 0.25) is 0 Å². The number of fused-ring (bicyclic) bond motifs is 1. The number of hydrogen-bond acceptors (Lipinski definition) is 1. The van der Waals surface area contributed by atoms with E-state index in [1.54, 1.807) is 0 Å². The van der Waals surface area contributed by atoms with Crippen molar-refractivity contribution in [2.24, 2.45) is 0 Å². The fourth-order valence-electron chi connectivity index (χ4n) is 3.06. The number of nitrogens with one attached hydrogen (secondary N) is 1. The second-order valence-corrected chi connectivity index (χ2v) is 6.35. The van der Waals surface area contributed by atoms with Gasteiger partial charge in [-0.3, -0.25) is 4.79 Å². The van der Waals surface area contributed by atoms with Crippen LogP contribution in [0.3, 0.4) is 0 Å². The molecule has 0 fully saturated rings. The van der Waals surface area contributed by atoms with Gasteiger partial charge in [0.05, 0.1) is 0 Å². The third kappa shape index (κ3) is 3.96. The topological polar surface area (TPSA) is 29.1 Å². The van der Waals surface area contributed by atoms with Crippen LogP contribution in [0.1, 0.15) is 21.5 Å². The van der Waals surface area contributed by atoms with Gasteiger partial charge in [0.1, 0.15) is 0 Å². The Morgan fingerprint density at radius 1 is 0.630 bits per heavy atom. The predicted molar refractivity (Wildman–Crippen MR) is 114 cm³/mol. The van der Waals surface area contributed by atoms with Crippen molar-refractivity contribution < 1.29 is 4.79 Å². The van der Waals surface area contributed by atoms with Crippen molar-refractivity contribution in [3.63, 3.8) is 0 Å². The molecule has 0 saturated heterocycles. The van der Waals surface area contributed by atoms with Crippen molar-refractivity contribution >= 4 is 34.5 Å². The molecule has 0 atom stereocenters. The van der Waals surface area contributed by atoms with E-state index in [1.165, 1.54) is 0 Å².